The highest BCUT2D eigenvalue weighted by Gasteiger charge is 2.16. The Kier molecular flexibility index (Phi) is 6.52. The van der Waals surface area contributed by atoms with Crippen molar-refractivity contribution in [1.29, 1.82) is 0 Å². The van der Waals surface area contributed by atoms with Crippen LogP contribution in [-0.4, -0.2) is 49.7 Å². The number of esters is 1. The van der Waals surface area contributed by atoms with Crippen LogP contribution >= 0.6 is 0 Å². The molecular formula is C20H25NO5. The van der Waals surface area contributed by atoms with E-state index in [1.54, 1.807) is 11.0 Å². The number of hydrogen-bond acceptors (Lipinski definition) is 5. The Balaban J connectivity index is 1.49. The van der Waals surface area contributed by atoms with E-state index >= 15 is 0 Å². The van der Waals surface area contributed by atoms with Crippen LogP contribution in [0.25, 0.3) is 6.08 Å². The molecule has 0 radical (unpaired) electrons. The molecule has 0 spiro atoms. The van der Waals surface area contributed by atoms with Crippen molar-refractivity contribution < 1.29 is 23.8 Å². The Labute approximate surface area is 153 Å². The van der Waals surface area contributed by atoms with Gasteiger partial charge in [0.05, 0.1) is 13.2 Å². The van der Waals surface area contributed by atoms with Gasteiger partial charge in [-0.3, -0.25) is 4.79 Å². The van der Waals surface area contributed by atoms with Gasteiger partial charge >= 0.3 is 5.97 Å². The molecule has 1 aromatic rings. The van der Waals surface area contributed by atoms with Crippen molar-refractivity contribution in [2.75, 3.05) is 32.9 Å². The fourth-order valence-electron chi connectivity index (χ4n) is 3.04. The minimum absolute atomic E-state index is 0.121. The first-order chi connectivity index (χ1) is 12.7. The molecule has 140 valence electrons. The number of amides is 1. The largest absolute Gasteiger partial charge is 0.490 e. The normalized spacial score (nSPS) is 17.5. The Morgan fingerprint density at radius 3 is 2.50 bits per heavy atom. The highest BCUT2D eigenvalue weighted by Crippen LogP contribution is 2.30. The number of benzene rings is 1. The second kappa shape index (κ2) is 9.27. The molecule has 3 rings (SSSR count). The van der Waals surface area contributed by atoms with Gasteiger partial charge in [0.1, 0.15) is 0 Å². The molecular weight excluding hydrogens is 334 g/mol. The molecule has 0 N–H and O–H groups in total. The van der Waals surface area contributed by atoms with Crippen LogP contribution in [0.2, 0.25) is 0 Å². The van der Waals surface area contributed by atoms with Gasteiger partial charge in [0.15, 0.2) is 18.1 Å². The number of carbonyl (C=O) groups is 2. The molecule has 2 aliphatic heterocycles. The first kappa shape index (κ1) is 18.3. The first-order valence-corrected chi connectivity index (χ1v) is 9.24. The van der Waals surface area contributed by atoms with Crippen molar-refractivity contribution in [1.82, 2.24) is 4.90 Å². The van der Waals surface area contributed by atoms with Crippen LogP contribution in [0.5, 0.6) is 11.5 Å². The Morgan fingerprint density at radius 1 is 1.00 bits per heavy atom. The van der Waals surface area contributed by atoms with Gasteiger partial charge < -0.3 is 19.1 Å². The van der Waals surface area contributed by atoms with Gasteiger partial charge in [0.2, 0.25) is 0 Å². The van der Waals surface area contributed by atoms with Crippen LogP contribution in [0.15, 0.2) is 24.3 Å². The van der Waals surface area contributed by atoms with E-state index in [1.165, 1.54) is 6.08 Å². The second-order valence-corrected chi connectivity index (χ2v) is 6.49. The summed E-state index contributed by atoms with van der Waals surface area (Å²) < 4.78 is 16.3. The summed E-state index contributed by atoms with van der Waals surface area (Å²) in [5.74, 6) is 0.740. The summed E-state index contributed by atoms with van der Waals surface area (Å²) in [6.07, 6.45) is 8.16. The number of fused-ring (bicyclic) bond motifs is 1. The summed E-state index contributed by atoms with van der Waals surface area (Å²) in [6, 6.07) is 5.50. The summed E-state index contributed by atoms with van der Waals surface area (Å²) in [5.41, 5.74) is 0.810. The molecule has 0 unspecified atom stereocenters. The molecule has 1 saturated heterocycles. The number of hydrogen-bond donors (Lipinski definition) is 0. The fraction of sp³-hybridized carbons (Fsp3) is 0.500. The predicted octanol–water partition coefficient (Wildman–Crippen LogP) is 2.81. The van der Waals surface area contributed by atoms with Gasteiger partial charge in [-0.15, -0.1) is 0 Å². The standard InChI is InChI=1S/C20H25NO5/c22-19(21-10-3-1-2-4-11-21)15-26-20(23)9-7-16-6-8-17-18(14-16)25-13-5-12-24-17/h6-9,14H,1-5,10-13,15H2/b9-7+. The van der Waals surface area contributed by atoms with Gasteiger partial charge in [-0.1, -0.05) is 18.9 Å². The van der Waals surface area contributed by atoms with Crippen molar-refractivity contribution in [2.45, 2.75) is 32.1 Å². The highest BCUT2D eigenvalue weighted by atomic mass is 16.5. The zero-order chi connectivity index (χ0) is 18.2. The lowest BCUT2D eigenvalue weighted by Gasteiger charge is -2.19. The summed E-state index contributed by atoms with van der Waals surface area (Å²) in [6.45, 7) is 2.55. The van der Waals surface area contributed by atoms with Gasteiger partial charge in [-0.25, -0.2) is 4.79 Å². The maximum atomic E-state index is 12.1. The average Bonchev–Trinajstić information content (AvgIpc) is 3.06. The van der Waals surface area contributed by atoms with E-state index in [9.17, 15) is 9.59 Å². The van der Waals surface area contributed by atoms with Crippen LogP contribution in [0.4, 0.5) is 0 Å². The molecule has 6 nitrogen and oxygen atoms in total. The maximum absolute atomic E-state index is 12.1. The monoisotopic (exact) mass is 359 g/mol. The van der Waals surface area contributed by atoms with Gasteiger partial charge in [0, 0.05) is 25.6 Å². The van der Waals surface area contributed by atoms with Crippen molar-refractivity contribution in [3.05, 3.63) is 29.8 Å². The number of carbonyl (C=O) groups excluding carboxylic acids is 2. The molecule has 2 aliphatic rings. The Morgan fingerprint density at radius 2 is 1.73 bits per heavy atom. The first-order valence-electron chi connectivity index (χ1n) is 9.24. The minimum atomic E-state index is -0.528. The van der Waals surface area contributed by atoms with E-state index in [2.05, 4.69) is 0 Å². The maximum Gasteiger partial charge on any atom is 0.331 e. The fourth-order valence-corrected chi connectivity index (χ4v) is 3.04. The summed E-state index contributed by atoms with van der Waals surface area (Å²) in [4.78, 5) is 25.8. The number of likely N-dealkylation sites (tertiary alicyclic amines) is 1. The molecule has 26 heavy (non-hydrogen) atoms. The summed E-state index contributed by atoms with van der Waals surface area (Å²) >= 11 is 0. The molecule has 6 heteroatoms. The third kappa shape index (κ3) is 5.25. The second-order valence-electron chi connectivity index (χ2n) is 6.49. The Hall–Kier alpha value is -2.50. The van der Waals surface area contributed by atoms with E-state index in [0.29, 0.717) is 24.7 Å². The zero-order valence-electron chi connectivity index (χ0n) is 14.9. The van der Waals surface area contributed by atoms with E-state index in [1.807, 2.05) is 18.2 Å². The molecule has 0 atom stereocenters. The van der Waals surface area contributed by atoms with Gasteiger partial charge in [-0.05, 0) is 36.6 Å². The van der Waals surface area contributed by atoms with Crippen molar-refractivity contribution in [2.24, 2.45) is 0 Å². The molecule has 1 amide bonds. The van der Waals surface area contributed by atoms with E-state index in [0.717, 1.165) is 50.8 Å². The van der Waals surface area contributed by atoms with Crippen molar-refractivity contribution >= 4 is 18.0 Å². The number of ether oxygens (including phenoxy) is 3. The molecule has 1 fully saturated rings. The smallest absolute Gasteiger partial charge is 0.331 e. The van der Waals surface area contributed by atoms with E-state index in [4.69, 9.17) is 14.2 Å². The predicted molar refractivity (Wildman–Crippen MR) is 97.1 cm³/mol. The third-order valence-corrected chi connectivity index (χ3v) is 4.48. The lowest BCUT2D eigenvalue weighted by molar-refractivity contribution is -0.148. The topological polar surface area (TPSA) is 65.1 Å². The van der Waals surface area contributed by atoms with Gasteiger partial charge in [-0.2, -0.15) is 0 Å². The van der Waals surface area contributed by atoms with Crippen LogP contribution < -0.4 is 9.47 Å². The van der Waals surface area contributed by atoms with Crippen molar-refractivity contribution in [3.8, 4) is 11.5 Å². The molecule has 0 aromatic heterocycles. The summed E-state index contributed by atoms with van der Waals surface area (Å²) in [7, 11) is 0. The summed E-state index contributed by atoms with van der Waals surface area (Å²) in [5, 5.41) is 0. The van der Waals surface area contributed by atoms with Crippen LogP contribution in [0.3, 0.4) is 0 Å². The third-order valence-electron chi connectivity index (χ3n) is 4.48. The zero-order valence-corrected chi connectivity index (χ0v) is 14.9. The lowest BCUT2D eigenvalue weighted by Crippen LogP contribution is -2.35. The molecule has 0 bridgehead atoms. The number of rotatable bonds is 4. The lowest BCUT2D eigenvalue weighted by atomic mass is 10.2. The molecule has 1 aromatic carbocycles. The molecule has 2 heterocycles. The molecule has 0 aliphatic carbocycles. The highest BCUT2D eigenvalue weighted by molar-refractivity contribution is 5.89. The van der Waals surface area contributed by atoms with Gasteiger partial charge in [0.25, 0.3) is 5.91 Å². The van der Waals surface area contributed by atoms with E-state index in [-0.39, 0.29) is 12.5 Å². The van der Waals surface area contributed by atoms with E-state index < -0.39 is 5.97 Å². The van der Waals surface area contributed by atoms with Crippen LogP contribution in [-0.2, 0) is 14.3 Å². The average molecular weight is 359 g/mol. The quantitative estimate of drug-likeness (QED) is 0.611. The van der Waals surface area contributed by atoms with Crippen LogP contribution in [0.1, 0.15) is 37.7 Å². The van der Waals surface area contributed by atoms with Crippen molar-refractivity contribution in [3.63, 3.8) is 0 Å². The Bertz CT molecular complexity index is 662. The number of nitrogens with zero attached hydrogens (tertiary/aromatic N) is 1. The SMILES string of the molecule is O=C(/C=C/c1ccc2c(c1)OCCCO2)OCC(=O)N1CCCCCC1. The molecule has 0 saturated carbocycles. The van der Waals surface area contributed by atoms with Crippen LogP contribution in [0, 0.1) is 0 Å². The minimum Gasteiger partial charge on any atom is -0.490 e.